The lowest BCUT2D eigenvalue weighted by Gasteiger charge is -2.29. The molecule has 1 atom stereocenters. The van der Waals surface area contributed by atoms with E-state index in [1.165, 1.54) is 12.8 Å². The van der Waals surface area contributed by atoms with Gasteiger partial charge in [0.2, 0.25) is 0 Å². The fourth-order valence-electron chi connectivity index (χ4n) is 4.16. The summed E-state index contributed by atoms with van der Waals surface area (Å²) in [6.45, 7) is 6.87. The fraction of sp³-hybridized carbons (Fsp3) is 0.545. The molecule has 0 aliphatic carbocycles. The average Bonchev–Trinajstić information content (AvgIpc) is 3.52. The molecule has 2 aliphatic rings. The van der Waals surface area contributed by atoms with E-state index in [1.807, 2.05) is 18.3 Å². The summed E-state index contributed by atoms with van der Waals surface area (Å²) in [6.07, 6.45) is 6.09. The van der Waals surface area contributed by atoms with E-state index in [9.17, 15) is 0 Å². The van der Waals surface area contributed by atoms with Crippen LogP contribution in [0.4, 0.5) is 5.82 Å². The lowest BCUT2D eigenvalue weighted by Crippen LogP contribution is -2.42. The van der Waals surface area contributed by atoms with Crippen LogP contribution in [0.3, 0.4) is 0 Å². The molecule has 2 aromatic heterocycles. The minimum atomic E-state index is 0. The molecule has 170 valence electrons. The van der Waals surface area contributed by atoms with Crippen molar-refractivity contribution in [3.63, 3.8) is 0 Å². The summed E-state index contributed by atoms with van der Waals surface area (Å²) in [5, 5.41) is 6.94. The smallest absolute Gasteiger partial charge is 0.191 e. The molecule has 0 saturated carbocycles. The van der Waals surface area contributed by atoms with E-state index in [2.05, 4.69) is 42.5 Å². The van der Waals surface area contributed by atoms with Gasteiger partial charge in [-0.2, -0.15) is 0 Å². The minimum Gasteiger partial charge on any atom is -0.468 e. The van der Waals surface area contributed by atoms with Crippen LogP contribution in [-0.4, -0.2) is 68.8 Å². The number of hydrogen-bond acceptors (Lipinski definition) is 6. The molecular weight excluding hydrogens is 507 g/mol. The summed E-state index contributed by atoms with van der Waals surface area (Å²) in [6, 6.07) is 8.33. The van der Waals surface area contributed by atoms with Crippen LogP contribution in [0.2, 0.25) is 0 Å². The van der Waals surface area contributed by atoms with Crippen molar-refractivity contribution in [3.8, 4) is 0 Å². The van der Waals surface area contributed by atoms with Crippen molar-refractivity contribution >= 4 is 35.8 Å². The molecule has 1 unspecified atom stereocenters. The van der Waals surface area contributed by atoms with Crippen LogP contribution in [0.5, 0.6) is 0 Å². The maximum Gasteiger partial charge on any atom is 0.191 e. The second-order valence-corrected chi connectivity index (χ2v) is 7.67. The number of aromatic nitrogens is 1. The number of rotatable bonds is 7. The quantitative estimate of drug-likeness (QED) is 0.318. The normalized spacial score (nSPS) is 18.5. The van der Waals surface area contributed by atoms with Crippen molar-refractivity contribution in [1.29, 1.82) is 0 Å². The number of nitrogens with zero attached hydrogens (tertiary/aromatic N) is 4. The van der Waals surface area contributed by atoms with Crippen LogP contribution >= 0.6 is 24.0 Å². The summed E-state index contributed by atoms with van der Waals surface area (Å²) >= 11 is 0. The number of likely N-dealkylation sites (tertiary alicyclic amines) is 1. The molecule has 8 nitrogen and oxygen atoms in total. The van der Waals surface area contributed by atoms with Gasteiger partial charge in [0.05, 0.1) is 25.5 Å². The molecule has 31 heavy (non-hydrogen) atoms. The molecule has 0 spiro atoms. The zero-order valence-electron chi connectivity index (χ0n) is 18.1. The van der Waals surface area contributed by atoms with Crippen molar-refractivity contribution in [3.05, 3.63) is 48.0 Å². The van der Waals surface area contributed by atoms with E-state index >= 15 is 0 Å². The molecule has 9 heteroatoms. The number of furan rings is 1. The Labute approximate surface area is 201 Å². The number of aliphatic imine (C=N–C) groups is 1. The van der Waals surface area contributed by atoms with Gasteiger partial charge in [0.15, 0.2) is 5.96 Å². The first-order valence-electron chi connectivity index (χ1n) is 10.8. The van der Waals surface area contributed by atoms with Gasteiger partial charge in [-0.1, -0.05) is 6.07 Å². The third kappa shape index (κ3) is 6.33. The standard InChI is InChI=1S/C22H32N6O2.HI/c1-23-22(26-17-19(20-7-5-13-30-20)27-9-2-3-10-27)25-16-18-6-4-8-24-21(18)28-11-14-29-15-12-28;/h4-8,13,19H,2-3,9-12,14-17H2,1H3,(H2,23,25,26);1H. The molecule has 2 aliphatic heterocycles. The average molecular weight is 540 g/mol. The van der Waals surface area contributed by atoms with Crippen molar-refractivity contribution in [2.24, 2.45) is 4.99 Å². The van der Waals surface area contributed by atoms with Gasteiger partial charge in [0.25, 0.3) is 0 Å². The zero-order chi connectivity index (χ0) is 20.6. The Morgan fingerprint density at radius 2 is 1.94 bits per heavy atom. The largest absolute Gasteiger partial charge is 0.468 e. The second kappa shape index (κ2) is 12.3. The van der Waals surface area contributed by atoms with E-state index < -0.39 is 0 Å². The van der Waals surface area contributed by atoms with Gasteiger partial charge in [0.1, 0.15) is 11.6 Å². The van der Waals surface area contributed by atoms with Crippen LogP contribution in [0.25, 0.3) is 0 Å². The van der Waals surface area contributed by atoms with Crippen LogP contribution < -0.4 is 15.5 Å². The number of hydrogen-bond donors (Lipinski definition) is 2. The number of ether oxygens (including phenoxy) is 1. The van der Waals surface area contributed by atoms with Gasteiger partial charge in [-0.3, -0.25) is 9.89 Å². The molecule has 2 fully saturated rings. The molecular formula is C22H33IN6O2. The Hall–Kier alpha value is -1.85. The first-order chi connectivity index (χ1) is 14.8. The molecule has 2 N–H and O–H groups in total. The van der Waals surface area contributed by atoms with E-state index in [0.29, 0.717) is 6.54 Å². The molecule has 4 heterocycles. The maximum atomic E-state index is 5.72. The van der Waals surface area contributed by atoms with Gasteiger partial charge < -0.3 is 24.7 Å². The summed E-state index contributed by atoms with van der Waals surface area (Å²) in [5.41, 5.74) is 1.16. The lowest BCUT2D eigenvalue weighted by atomic mass is 10.2. The third-order valence-electron chi connectivity index (χ3n) is 5.76. The highest BCUT2D eigenvalue weighted by Gasteiger charge is 2.25. The number of guanidine groups is 1. The number of morpholine rings is 1. The van der Waals surface area contributed by atoms with Gasteiger partial charge >= 0.3 is 0 Å². The molecule has 0 aromatic carbocycles. The summed E-state index contributed by atoms with van der Waals surface area (Å²) < 4.78 is 11.2. The van der Waals surface area contributed by atoms with E-state index in [1.54, 1.807) is 13.3 Å². The highest BCUT2D eigenvalue weighted by atomic mass is 127. The van der Waals surface area contributed by atoms with E-state index in [-0.39, 0.29) is 30.0 Å². The van der Waals surface area contributed by atoms with Gasteiger partial charge in [-0.25, -0.2) is 4.98 Å². The van der Waals surface area contributed by atoms with Crippen LogP contribution in [0.15, 0.2) is 46.1 Å². The zero-order valence-corrected chi connectivity index (χ0v) is 20.5. The molecule has 2 aromatic rings. The number of anilines is 1. The third-order valence-corrected chi connectivity index (χ3v) is 5.76. The van der Waals surface area contributed by atoms with Crippen molar-refractivity contribution in [1.82, 2.24) is 20.5 Å². The second-order valence-electron chi connectivity index (χ2n) is 7.67. The Kier molecular flexibility index (Phi) is 9.41. The summed E-state index contributed by atoms with van der Waals surface area (Å²) in [4.78, 5) is 13.8. The highest BCUT2D eigenvalue weighted by Crippen LogP contribution is 2.25. The Bertz CT molecular complexity index is 804. The van der Waals surface area contributed by atoms with Crippen LogP contribution in [0, 0.1) is 0 Å². The van der Waals surface area contributed by atoms with Gasteiger partial charge in [-0.05, 0) is 44.1 Å². The maximum absolute atomic E-state index is 5.72. The Morgan fingerprint density at radius 1 is 1.13 bits per heavy atom. The fourth-order valence-corrected chi connectivity index (χ4v) is 4.16. The first kappa shape index (κ1) is 23.8. The molecule has 2 saturated heterocycles. The van der Waals surface area contributed by atoms with Crippen LogP contribution in [-0.2, 0) is 11.3 Å². The predicted molar refractivity (Wildman–Crippen MR) is 133 cm³/mol. The summed E-state index contributed by atoms with van der Waals surface area (Å²) in [5.74, 6) is 2.80. The Morgan fingerprint density at radius 3 is 2.65 bits per heavy atom. The number of nitrogens with one attached hydrogen (secondary N) is 2. The molecule has 4 rings (SSSR count). The number of pyridine rings is 1. The lowest BCUT2D eigenvalue weighted by molar-refractivity contribution is 0.122. The van der Waals surface area contributed by atoms with Crippen LogP contribution in [0.1, 0.15) is 30.2 Å². The molecule has 0 amide bonds. The summed E-state index contributed by atoms with van der Waals surface area (Å²) in [7, 11) is 1.80. The highest BCUT2D eigenvalue weighted by molar-refractivity contribution is 14.0. The van der Waals surface area contributed by atoms with E-state index in [0.717, 1.165) is 69.0 Å². The molecule has 0 radical (unpaired) electrons. The minimum absolute atomic E-state index is 0. The Balaban J connectivity index is 0.00000272. The molecule has 0 bridgehead atoms. The van der Waals surface area contributed by atoms with E-state index in [4.69, 9.17) is 9.15 Å². The van der Waals surface area contributed by atoms with Crippen molar-refractivity contribution < 1.29 is 9.15 Å². The SMILES string of the molecule is CN=C(NCc1cccnc1N1CCOCC1)NCC(c1ccco1)N1CCCC1.I. The number of halogens is 1. The van der Waals surface area contributed by atoms with Gasteiger partial charge in [-0.15, -0.1) is 24.0 Å². The van der Waals surface area contributed by atoms with Gasteiger partial charge in [0, 0.05) is 45.0 Å². The van der Waals surface area contributed by atoms with Crippen molar-refractivity contribution in [2.45, 2.75) is 25.4 Å². The predicted octanol–water partition coefficient (Wildman–Crippen LogP) is 2.63. The van der Waals surface area contributed by atoms with Crippen molar-refractivity contribution in [2.75, 3.05) is 57.9 Å². The topological polar surface area (TPSA) is 78.2 Å². The monoisotopic (exact) mass is 540 g/mol. The first-order valence-corrected chi connectivity index (χ1v) is 10.8.